The Balaban J connectivity index is 1.76. The molecule has 4 aromatic rings. The SMILES string of the molecule is CN(Cc1ccc(F)cc1F)c1cc(-c2ccccc2)nc2ccnn12. The van der Waals surface area contributed by atoms with Gasteiger partial charge in [0.25, 0.3) is 0 Å². The van der Waals surface area contributed by atoms with Gasteiger partial charge in [0.1, 0.15) is 17.5 Å². The van der Waals surface area contributed by atoms with Gasteiger partial charge in [0.15, 0.2) is 5.65 Å². The summed E-state index contributed by atoms with van der Waals surface area (Å²) >= 11 is 0. The number of halogens is 2. The highest BCUT2D eigenvalue weighted by atomic mass is 19.1. The van der Waals surface area contributed by atoms with Crippen LogP contribution in [-0.2, 0) is 6.54 Å². The molecule has 4 rings (SSSR count). The first-order chi connectivity index (χ1) is 12.6. The monoisotopic (exact) mass is 350 g/mol. The zero-order valence-electron chi connectivity index (χ0n) is 14.1. The maximum atomic E-state index is 14.0. The molecule has 0 bridgehead atoms. The summed E-state index contributed by atoms with van der Waals surface area (Å²) in [5.41, 5.74) is 2.90. The minimum absolute atomic E-state index is 0.277. The first-order valence-electron chi connectivity index (χ1n) is 8.17. The highest BCUT2D eigenvalue weighted by Gasteiger charge is 2.14. The quantitative estimate of drug-likeness (QED) is 0.550. The van der Waals surface area contributed by atoms with Gasteiger partial charge >= 0.3 is 0 Å². The maximum Gasteiger partial charge on any atom is 0.157 e. The lowest BCUT2D eigenvalue weighted by atomic mass is 10.1. The number of anilines is 1. The molecule has 0 radical (unpaired) electrons. The highest BCUT2D eigenvalue weighted by Crippen LogP contribution is 2.25. The van der Waals surface area contributed by atoms with Crippen molar-refractivity contribution in [3.8, 4) is 11.3 Å². The molecule has 0 unspecified atom stereocenters. The summed E-state index contributed by atoms with van der Waals surface area (Å²) in [7, 11) is 1.84. The second-order valence-corrected chi connectivity index (χ2v) is 6.06. The first kappa shape index (κ1) is 16.2. The molecule has 0 saturated carbocycles. The number of fused-ring (bicyclic) bond motifs is 1. The fourth-order valence-electron chi connectivity index (χ4n) is 2.91. The van der Waals surface area contributed by atoms with Gasteiger partial charge in [0.2, 0.25) is 0 Å². The van der Waals surface area contributed by atoms with Gasteiger partial charge in [0.05, 0.1) is 11.9 Å². The van der Waals surface area contributed by atoms with Gasteiger partial charge in [-0.2, -0.15) is 9.61 Å². The van der Waals surface area contributed by atoms with Crippen LogP contribution in [0.3, 0.4) is 0 Å². The summed E-state index contributed by atoms with van der Waals surface area (Å²) in [6.45, 7) is 0.277. The number of nitrogens with zero attached hydrogens (tertiary/aromatic N) is 4. The average Bonchev–Trinajstić information content (AvgIpc) is 3.12. The molecule has 0 aliphatic carbocycles. The summed E-state index contributed by atoms with van der Waals surface area (Å²) in [4.78, 5) is 6.50. The predicted molar refractivity (Wildman–Crippen MR) is 96.9 cm³/mol. The molecule has 6 heteroatoms. The summed E-state index contributed by atoms with van der Waals surface area (Å²) in [6, 6.07) is 17.2. The van der Waals surface area contributed by atoms with Crippen molar-refractivity contribution in [2.24, 2.45) is 0 Å². The fraction of sp³-hybridized carbons (Fsp3) is 0.100. The molecule has 0 N–H and O–H groups in total. The Kier molecular flexibility index (Phi) is 4.08. The number of aromatic nitrogens is 3. The van der Waals surface area contributed by atoms with Crippen molar-refractivity contribution >= 4 is 11.5 Å². The number of rotatable bonds is 4. The van der Waals surface area contributed by atoms with E-state index in [-0.39, 0.29) is 6.54 Å². The molecule has 2 aromatic carbocycles. The smallest absolute Gasteiger partial charge is 0.157 e. The van der Waals surface area contributed by atoms with Crippen LogP contribution < -0.4 is 4.90 Å². The van der Waals surface area contributed by atoms with E-state index in [9.17, 15) is 8.78 Å². The minimum Gasteiger partial charge on any atom is -0.355 e. The van der Waals surface area contributed by atoms with Crippen LogP contribution in [0.15, 0.2) is 66.9 Å². The van der Waals surface area contributed by atoms with E-state index in [1.54, 1.807) is 10.7 Å². The van der Waals surface area contributed by atoms with Crippen molar-refractivity contribution in [3.05, 3.63) is 84.1 Å². The Hall–Kier alpha value is -3.28. The van der Waals surface area contributed by atoms with Crippen LogP contribution in [0.25, 0.3) is 16.9 Å². The van der Waals surface area contributed by atoms with Gasteiger partial charge < -0.3 is 4.90 Å². The van der Waals surface area contributed by atoms with Crippen molar-refractivity contribution < 1.29 is 8.78 Å². The second-order valence-electron chi connectivity index (χ2n) is 6.06. The van der Waals surface area contributed by atoms with Gasteiger partial charge in [-0.1, -0.05) is 36.4 Å². The first-order valence-corrected chi connectivity index (χ1v) is 8.17. The van der Waals surface area contributed by atoms with Crippen LogP contribution in [0.5, 0.6) is 0 Å². The lowest BCUT2D eigenvalue weighted by Gasteiger charge is -2.21. The van der Waals surface area contributed by atoms with E-state index >= 15 is 0 Å². The van der Waals surface area contributed by atoms with E-state index < -0.39 is 11.6 Å². The Morgan fingerprint density at radius 3 is 2.58 bits per heavy atom. The third-order valence-electron chi connectivity index (χ3n) is 4.22. The van der Waals surface area contributed by atoms with E-state index in [1.807, 2.05) is 54.4 Å². The standard InChI is InChI=1S/C20H16F2N4/c1-25(13-15-7-8-16(21)11-17(15)22)20-12-18(14-5-3-2-4-6-14)24-19-9-10-23-26(19)20/h2-12H,13H2,1H3. The molecule has 0 atom stereocenters. The third kappa shape index (κ3) is 3.01. The molecular formula is C20H16F2N4. The van der Waals surface area contributed by atoms with Crippen LogP contribution in [-0.4, -0.2) is 21.6 Å². The number of hydrogen-bond acceptors (Lipinski definition) is 3. The van der Waals surface area contributed by atoms with Crippen LogP contribution >= 0.6 is 0 Å². The van der Waals surface area contributed by atoms with Crippen LogP contribution in [0.4, 0.5) is 14.6 Å². The minimum atomic E-state index is -0.585. The van der Waals surface area contributed by atoms with E-state index in [1.165, 1.54) is 12.1 Å². The lowest BCUT2D eigenvalue weighted by molar-refractivity contribution is 0.570. The molecule has 0 spiro atoms. The molecule has 0 aliphatic rings. The summed E-state index contributed by atoms with van der Waals surface area (Å²) in [5.74, 6) is -0.382. The van der Waals surface area contributed by atoms with Crippen LogP contribution in [0.1, 0.15) is 5.56 Å². The Morgan fingerprint density at radius 2 is 1.81 bits per heavy atom. The predicted octanol–water partition coefficient (Wildman–Crippen LogP) is 4.31. The third-order valence-corrected chi connectivity index (χ3v) is 4.22. The normalized spacial score (nSPS) is 11.0. The molecule has 0 aliphatic heterocycles. The summed E-state index contributed by atoms with van der Waals surface area (Å²) < 4.78 is 28.9. The molecule has 0 amide bonds. The average molecular weight is 350 g/mol. The molecule has 0 fully saturated rings. The topological polar surface area (TPSA) is 33.4 Å². The fourth-order valence-corrected chi connectivity index (χ4v) is 2.91. The zero-order chi connectivity index (χ0) is 18.1. The zero-order valence-corrected chi connectivity index (χ0v) is 14.1. The van der Waals surface area contributed by atoms with Gasteiger partial charge in [-0.05, 0) is 6.07 Å². The molecule has 26 heavy (non-hydrogen) atoms. The Morgan fingerprint density at radius 1 is 1.00 bits per heavy atom. The highest BCUT2D eigenvalue weighted by molar-refractivity contribution is 5.66. The molecular weight excluding hydrogens is 334 g/mol. The molecule has 2 heterocycles. The van der Waals surface area contributed by atoms with Crippen molar-refractivity contribution in [2.75, 3.05) is 11.9 Å². The van der Waals surface area contributed by atoms with Crippen LogP contribution in [0, 0.1) is 11.6 Å². The van der Waals surface area contributed by atoms with Crippen LogP contribution in [0.2, 0.25) is 0 Å². The summed E-state index contributed by atoms with van der Waals surface area (Å²) in [5, 5.41) is 4.31. The molecule has 4 nitrogen and oxygen atoms in total. The van der Waals surface area contributed by atoms with Gasteiger partial charge in [-0.3, -0.25) is 0 Å². The van der Waals surface area contributed by atoms with Crippen molar-refractivity contribution in [3.63, 3.8) is 0 Å². The van der Waals surface area contributed by atoms with Crippen molar-refractivity contribution in [1.29, 1.82) is 0 Å². The van der Waals surface area contributed by atoms with E-state index in [2.05, 4.69) is 10.1 Å². The molecule has 130 valence electrons. The Bertz CT molecular complexity index is 1060. The van der Waals surface area contributed by atoms with Crippen molar-refractivity contribution in [1.82, 2.24) is 14.6 Å². The molecule has 0 saturated heterocycles. The van der Waals surface area contributed by atoms with Gasteiger partial charge in [-0.15, -0.1) is 0 Å². The lowest BCUT2D eigenvalue weighted by Crippen LogP contribution is -2.21. The number of benzene rings is 2. The summed E-state index contributed by atoms with van der Waals surface area (Å²) in [6.07, 6.45) is 1.67. The van der Waals surface area contributed by atoms with Gasteiger partial charge in [-0.25, -0.2) is 13.8 Å². The van der Waals surface area contributed by atoms with Gasteiger partial charge in [0, 0.05) is 42.9 Å². The van der Waals surface area contributed by atoms with E-state index in [0.717, 1.165) is 23.1 Å². The van der Waals surface area contributed by atoms with E-state index in [0.29, 0.717) is 11.2 Å². The molecule has 2 aromatic heterocycles. The number of hydrogen-bond donors (Lipinski definition) is 0. The largest absolute Gasteiger partial charge is 0.355 e. The maximum absolute atomic E-state index is 14.0. The van der Waals surface area contributed by atoms with Crippen molar-refractivity contribution in [2.45, 2.75) is 6.54 Å². The Labute approximate surface area is 149 Å². The van der Waals surface area contributed by atoms with E-state index in [4.69, 9.17) is 0 Å². The second kappa shape index (κ2) is 6.55.